The van der Waals surface area contributed by atoms with Gasteiger partial charge in [0.2, 0.25) is 11.6 Å². The van der Waals surface area contributed by atoms with Crippen molar-refractivity contribution in [1.82, 2.24) is 10.6 Å². The zero-order valence-corrected chi connectivity index (χ0v) is 31.0. The lowest BCUT2D eigenvalue weighted by Gasteiger charge is -2.38. The van der Waals surface area contributed by atoms with Crippen molar-refractivity contribution >= 4 is 29.2 Å². The number of ketones is 3. The number of amides is 1. The Morgan fingerprint density at radius 3 is 2.19 bits per heavy atom. The summed E-state index contributed by atoms with van der Waals surface area (Å²) in [5.74, 6) is -9.19. The summed E-state index contributed by atoms with van der Waals surface area (Å²) < 4.78 is 23.2. The number of allylic oxidation sites excluding steroid dienone is 4. The second kappa shape index (κ2) is 15.4. The van der Waals surface area contributed by atoms with E-state index in [9.17, 15) is 39.3 Å². The number of rotatable bonds is 3. The predicted octanol–water partition coefficient (Wildman–Crippen LogP) is 3.18. The first-order valence-corrected chi connectivity index (χ1v) is 17.0. The van der Waals surface area contributed by atoms with Crippen LogP contribution in [0, 0.1) is 30.6 Å². The molecule has 52 heavy (non-hydrogen) atoms. The number of aromatic hydroxyl groups is 1. The molecule has 5 rings (SSSR count). The number of aliphatic hydroxyl groups excluding tert-OH is 2. The molecule has 4 aliphatic rings. The van der Waals surface area contributed by atoms with E-state index in [1.807, 2.05) is 0 Å². The highest BCUT2D eigenvalue weighted by Gasteiger charge is 2.52. The Kier molecular flexibility index (Phi) is 11.9. The fraction of sp³-hybridized carbons (Fsp3) is 0.500. The van der Waals surface area contributed by atoms with Gasteiger partial charge < -0.3 is 44.9 Å². The topological polar surface area (TPSA) is 207 Å². The number of benzene rings is 1. The van der Waals surface area contributed by atoms with Crippen molar-refractivity contribution in [2.24, 2.45) is 23.7 Å². The van der Waals surface area contributed by atoms with E-state index in [1.165, 1.54) is 54.0 Å². The molecule has 0 saturated heterocycles. The van der Waals surface area contributed by atoms with Gasteiger partial charge in [0.25, 0.3) is 11.7 Å². The van der Waals surface area contributed by atoms with E-state index in [2.05, 4.69) is 10.6 Å². The summed E-state index contributed by atoms with van der Waals surface area (Å²) >= 11 is 0. The average molecular weight is 725 g/mol. The van der Waals surface area contributed by atoms with Crippen LogP contribution >= 0.6 is 0 Å². The van der Waals surface area contributed by atoms with Crippen molar-refractivity contribution in [2.45, 2.75) is 85.6 Å². The molecule has 1 aromatic carbocycles. The molecule has 5 bridgehead atoms. The standard InChI is InChI=1S/C38H48N2O12/c1-16-12-11-13-17(2)37(48)40-28-27(39-9)32(45)24-25(33(28)46)31(44)21(6)35-26(24)36(47)38(8,52-35)50-15-14-23(49-10)18(3)34(51-22(7)41)20(5)30(43)19(4)29(16)42/h11-16,18-20,23,29-30,34,39,42-44H,1-10H3,(H,40,48)/t16-,18-,19-,20-,23-,29-,30-,34+,38-/m0/s1. The molecule has 0 unspecified atom stereocenters. The molecule has 9 atom stereocenters. The van der Waals surface area contributed by atoms with E-state index < -0.39 is 106 Å². The maximum Gasteiger partial charge on any atom is 0.312 e. The summed E-state index contributed by atoms with van der Waals surface area (Å²) in [6.07, 6.45) is 3.38. The average Bonchev–Trinajstić information content (AvgIpc) is 3.36. The third-order valence-electron chi connectivity index (χ3n) is 10.2. The summed E-state index contributed by atoms with van der Waals surface area (Å²) in [7, 11) is 2.79. The summed E-state index contributed by atoms with van der Waals surface area (Å²) in [5.41, 5.74) is -1.75. The number of likely N-dealkylation sites (N-methyl/N-ethyl adjacent to an activating group) is 1. The van der Waals surface area contributed by atoms with Gasteiger partial charge in [-0.2, -0.15) is 0 Å². The van der Waals surface area contributed by atoms with Gasteiger partial charge >= 0.3 is 11.8 Å². The van der Waals surface area contributed by atoms with Crippen LogP contribution in [0.25, 0.3) is 0 Å². The van der Waals surface area contributed by atoms with Crippen LogP contribution in [-0.4, -0.2) is 88.9 Å². The normalized spacial score (nSPS) is 31.5. The van der Waals surface area contributed by atoms with Crippen LogP contribution in [0.1, 0.15) is 85.1 Å². The van der Waals surface area contributed by atoms with Gasteiger partial charge in [-0.05, 0) is 19.9 Å². The van der Waals surface area contributed by atoms with Gasteiger partial charge in [0.1, 0.15) is 29.0 Å². The van der Waals surface area contributed by atoms with E-state index in [4.69, 9.17) is 18.9 Å². The van der Waals surface area contributed by atoms with Crippen molar-refractivity contribution in [3.05, 3.63) is 69.8 Å². The number of phenols is 1. The molecule has 5 N–H and O–H groups in total. The van der Waals surface area contributed by atoms with Crippen LogP contribution in [0.15, 0.2) is 47.5 Å². The van der Waals surface area contributed by atoms with Gasteiger partial charge in [-0.25, -0.2) is 0 Å². The van der Waals surface area contributed by atoms with Crippen LogP contribution in [0.4, 0.5) is 0 Å². The summed E-state index contributed by atoms with van der Waals surface area (Å²) in [4.78, 5) is 67.5. The van der Waals surface area contributed by atoms with Gasteiger partial charge in [0.05, 0.1) is 41.3 Å². The van der Waals surface area contributed by atoms with Gasteiger partial charge in [0.15, 0.2) is 0 Å². The maximum atomic E-state index is 14.1. The number of hydrogen-bond donors (Lipinski definition) is 5. The van der Waals surface area contributed by atoms with Crippen molar-refractivity contribution < 1.29 is 58.2 Å². The number of carbonyl (C=O) groups is 5. The Morgan fingerprint density at radius 1 is 0.942 bits per heavy atom. The molecular weight excluding hydrogens is 676 g/mol. The van der Waals surface area contributed by atoms with Crippen LogP contribution in [0.5, 0.6) is 11.5 Å². The zero-order chi connectivity index (χ0) is 39.0. The fourth-order valence-corrected chi connectivity index (χ4v) is 6.93. The number of aliphatic hydroxyl groups is 2. The molecule has 0 aromatic heterocycles. The summed E-state index contributed by atoms with van der Waals surface area (Å²) in [6, 6.07) is 0. The second-order valence-corrected chi connectivity index (χ2v) is 13.8. The molecule has 3 heterocycles. The molecule has 1 amide bonds. The summed E-state index contributed by atoms with van der Waals surface area (Å²) in [5, 5.41) is 39.0. The molecule has 0 radical (unpaired) electrons. The minimum Gasteiger partial charge on any atom is -0.507 e. The number of carbonyl (C=O) groups excluding carboxylic acids is 5. The van der Waals surface area contributed by atoms with Crippen molar-refractivity contribution in [1.29, 1.82) is 0 Å². The van der Waals surface area contributed by atoms with Crippen LogP contribution < -0.4 is 15.4 Å². The minimum absolute atomic E-state index is 0.00410. The number of nitrogens with one attached hydrogen (secondary N) is 2. The number of fused-ring (bicyclic) bond motifs is 14. The third kappa shape index (κ3) is 7.14. The number of esters is 1. The first-order chi connectivity index (χ1) is 24.3. The fourth-order valence-electron chi connectivity index (χ4n) is 6.93. The van der Waals surface area contributed by atoms with E-state index in [0.29, 0.717) is 0 Å². The lowest BCUT2D eigenvalue weighted by molar-refractivity contribution is -0.160. The van der Waals surface area contributed by atoms with E-state index >= 15 is 0 Å². The Hall–Kier alpha value is -4.79. The highest BCUT2D eigenvalue weighted by molar-refractivity contribution is 6.32. The molecule has 0 saturated carbocycles. The van der Waals surface area contributed by atoms with Crippen LogP contribution in [-0.2, 0) is 23.8 Å². The van der Waals surface area contributed by atoms with E-state index in [0.717, 1.165) is 6.26 Å². The SMILES string of the molecule is CNC1=C2NC(=O)C(C)=CC=C[C@H](C)[C@H](O)[C@H](C)[C@H](O)[C@H](C)[C@H](OC(C)=O)[C@@H](C)[C@@H](OC)C=CO[C@@]3(C)Oc4c(C)c(O)c(c(c4C3=O)C1=O)C2=O. The molecule has 1 aromatic rings. The number of ether oxygens (including phenoxy) is 4. The Bertz CT molecular complexity index is 1790. The van der Waals surface area contributed by atoms with Gasteiger partial charge in [-0.15, -0.1) is 0 Å². The lowest BCUT2D eigenvalue weighted by Crippen LogP contribution is -2.46. The maximum absolute atomic E-state index is 14.1. The largest absolute Gasteiger partial charge is 0.507 e. The predicted molar refractivity (Wildman–Crippen MR) is 187 cm³/mol. The van der Waals surface area contributed by atoms with Crippen molar-refractivity contribution in [2.75, 3.05) is 14.2 Å². The van der Waals surface area contributed by atoms with Gasteiger partial charge in [-0.1, -0.05) is 45.9 Å². The molecule has 3 aliphatic heterocycles. The van der Waals surface area contributed by atoms with Crippen LogP contribution in [0.3, 0.4) is 0 Å². The van der Waals surface area contributed by atoms with Crippen LogP contribution in [0.2, 0.25) is 0 Å². The third-order valence-corrected chi connectivity index (χ3v) is 10.2. The molecular formula is C38H48N2O12. The lowest BCUT2D eigenvalue weighted by atomic mass is 9.78. The molecule has 282 valence electrons. The first kappa shape index (κ1) is 40.0. The molecule has 1 aliphatic carbocycles. The first-order valence-electron chi connectivity index (χ1n) is 17.0. The zero-order valence-electron chi connectivity index (χ0n) is 31.0. The Labute approximate surface area is 302 Å². The van der Waals surface area contributed by atoms with Gasteiger partial charge in [0, 0.05) is 62.8 Å². The number of hydrogen-bond acceptors (Lipinski definition) is 13. The molecule has 0 fully saturated rings. The number of methoxy groups -OCH3 is 1. The minimum atomic E-state index is -2.06. The molecule has 14 nitrogen and oxygen atoms in total. The highest BCUT2D eigenvalue weighted by Crippen LogP contribution is 2.48. The van der Waals surface area contributed by atoms with Crippen molar-refractivity contribution in [3.8, 4) is 11.5 Å². The second-order valence-electron chi connectivity index (χ2n) is 13.8. The monoisotopic (exact) mass is 724 g/mol. The molecule has 14 heteroatoms. The number of Topliss-reactive ketones (excluding diaryl/α,β-unsaturated/α-hetero) is 3. The Balaban J connectivity index is 1.88. The quantitative estimate of drug-likeness (QED) is 0.285. The van der Waals surface area contributed by atoms with Crippen molar-refractivity contribution in [3.63, 3.8) is 0 Å². The molecule has 0 spiro atoms. The summed E-state index contributed by atoms with van der Waals surface area (Å²) in [6.45, 7) is 12.3. The Morgan fingerprint density at radius 2 is 1.60 bits per heavy atom. The highest BCUT2D eigenvalue weighted by atomic mass is 16.7. The van der Waals surface area contributed by atoms with Gasteiger partial charge in [-0.3, -0.25) is 24.0 Å². The van der Waals surface area contributed by atoms with E-state index in [1.54, 1.807) is 39.8 Å². The van der Waals surface area contributed by atoms with E-state index in [-0.39, 0.29) is 28.1 Å². The smallest absolute Gasteiger partial charge is 0.312 e. The number of phenolic OH excluding ortho intramolecular Hbond substituents is 1.